The van der Waals surface area contributed by atoms with E-state index in [0.717, 1.165) is 37.1 Å². The van der Waals surface area contributed by atoms with Crippen molar-refractivity contribution in [2.24, 2.45) is 5.92 Å². The van der Waals surface area contributed by atoms with Gasteiger partial charge in [0.25, 0.3) is 0 Å². The molecule has 2 aliphatic rings. The molecule has 1 aromatic rings. The third kappa shape index (κ3) is 2.84. The van der Waals surface area contributed by atoms with Gasteiger partial charge in [-0.1, -0.05) is 28.1 Å². The number of benzene rings is 1. The number of carbonyl (C=O) groups excluding carboxylic acids is 1. The van der Waals surface area contributed by atoms with Crippen LogP contribution in [-0.4, -0.2) is 48.9 Å². The quantitative estimate of drug-likeness (QED) is 0.834. The molecule has 19 heavy (non-hydrogen) atoms. The molecular weight excluding hydrogens is 304 g/mol. The molecule has 1 aliphatic carbocycles. The maximum atomic E-state index is 12.4. The van der Waals surface area contributed by atoms with Crippen LogP contribution < -0.4 is 0 Å². The van der Waals surface area contributed by atoms with Crippen LogP contribution in [0.3, 0.4) is 0 Å². The van der Waals surface area contributed by atoms with E-state index in [9.17, 15) is 4.79 Å². The number of likely N-dealkylation sites (N-methyl/N-ethyl adjacent to an activating group) is 1. The number of carbonyl (C=O) groups is 1. The molecule has 2 unspecified atom stereocenters. The van der Waals surface area contributed by atoms with E-state index in [-0.39, 0.29) is 5.92 Å². The van der Waals surface area contributed by atoms with Crippen molar-refractivity contribution in [1.29, 1.82) is 0 Å². The van der Waals surface area contributed by atoms with Gasteiger partial charge in [0.05, 0.1) is 0 Å². The van der Waals surface area contributed by atoms with Gasteiger partial charge < -0.3 is 9.80 Å². The fourth-order valence-corrected chi connectivity index (χ4v) is 3.25. The number of hydrogen-bond donors (Lipinski definition) is 0. The molecule has 0 bridgehead atoms. The normalized spacial score (nSPS) is 27.4. The number of halogens is 1. The Morgan fingerprint density at radius 1 is 1.26 bits per heavy atom. The molecule has 3 nitrogen and oxygen atoms in total. The molecule has 0 N–H and O–H groups in total. The fraction of sp³-hybridized carbons (Fsp3) is 0.533. The minimum absolute atomic E-state index is 0.220. The van der Waals surface area contributed by atoms with Gasteiger partial charge in [-0.2, -0.15) is 0 Å². The highest BCUT2D eigenvalue weighted by Gasteiger charge is 2.45. The maximum Gasteiger partial charge on any atom is 0.226 e. The minimum Gasteiger partial charge on any atom is -0.340 e. The Morgan fingerprint density at radius 2 is 2.00 bits per heavy atom. The van der Waals surface area contributed by atoms with E-state index in [1.807, 2.05) is 11.0 Å². The van der Waals surface area contributed by atoms with Crippen LogP contribution in [0.15, 0.2) is 28.7 Å². The molecule has 1 heterocycles. The Balaban J connectivity index is 1.62. The molecule has 2 atom stereocenters. The Kier molecular flexibility index (Phi) is 3.63. The van der Waals surface area contributed by atoms with Crippen LogP contribution in [0.1, 0.15) is 17.9 Å². The summed E-state index contributed by atoms with van der Waals surface area (Å²) in [5.41, 5.74) is 1.29. The molecule has 0 radical (unpaired) electrons. The summed E-state index contributed by atoms with van der Waals surface area (Å²) in [7, 11) is 2.11. The molecule has 1 aromatic carbocycles. The molecule has 4 heteroatoms. The number of rotatable bonds is 2. The highest BCUT2D eigenvalue weighted by Crippen LogP contribution is 2.48. The van der Waals surface area contributed by atoms with Crippen molar-refractivity contribution >= 4 is 21.8 Å². The molecule has 3 rings (SSSR count). The third-order valence-electron chi connectivity index (χ3n) is 4.20. The van der Waals surface area contributed by atoms with E-state index in [1.54, 1.807) is 0 Å². The Bertz CT molecular complexity index is 483. The SMILES string of the molecule is CN1CCN(C(=O)C2CC2c2cccc(Br)c2)CC1. The van der Waals surface area contributed by atoms with Crippen LogP contribution in [-0.2, 0) is 4.79 Å². The van der Waals surface area contributed by atoms with Crippen LogP contribution in [0.4, 0.5) is 0 Å². The summed E-state index contributed by atoms with van der Waals surface area (Å²) in [5.74, 6) is 1.01. The van der Waals surface area contributed by atoms with Gasteiger partial charge in [0.1, 0.15) is 0 Å². The summed E-state index contributed by atoms with van der Waals surface area (Å²) in [6.07, 6.45) is 1.02. The monoisotopic (exact) mass is 322 g/mol. The summed E-state index contributed by atoms with van der Waals surface area (Å²) in [4.78, 5) is 16.8. The predicted octanol–water partition coefficient (Wildman–Crippen LogP) is 2.33. The third-order valence-corrected chi connectivity index (χ3v) is 4.69. The zero-order valence-corrected chi connectivity index (χ0v) is 12.8. The lowest BCUT2D eigenvalue weighted by atomic mass is 10.1. The van der Waals surface area contributed by atoms with Gasteiger partial charge in [-0.3, -0.25) is 4.79 Å². The first-order valence-corrected chi connectivity index (χ1v) is 7.67. The largest absolute Gasteiger partial charge is 0.340 e. The zero-order chi connectivity index (χ0) is 13.4. The second-order valence-corrected chi connectivity index (χ2v) is 6.55. The summed E-state index contributed by atoms with van der Waals surface area (Å²) >= 11 is 3.50. The first-order valence-electron chi connectivity index (χ1n) is 6.88. The molecule has 0 aromatic heterocycles. The summed E-state index contributed by atoms with van der Waals surface area (Å²) < 4.78 is 1.10. The summed E-state index contributed by atoms with van der Waals surface area (Å²) in [5, 5.41) is 0. The topological polar surface area (TPSA) is 23.6 Å². The van der Waals surface area contributed by atoms with Crippen LogP contribution in [0, 0.1) is 5.92 Å². The molecule has 102 valence electrons. The van der Waals surface area contributed by atoms with Gasteiger partial charge in [0, 0.05) is 36.6 Å². The molecule has 1 amide bonds. The van der Waals surface area contributed by atoms with Crippen LogP contribution in [0.2, 0.25) is 0 Å². The van der Waals surface area contributed by atoms with Crippen molar-refractivity contribution in [3.8, 4) is 0 Å². The Hall–Kier alpha value is -0.870. The lowest BCUT2D eigenvalue weighted by Gasteiger charge is -2.32. The van der Waals surface area contributed by atoms with Crippen LogP contribution in [0.25, 0.3) is 0 Å². The first kappa shape index (κ1) is 13.1. The van der Waals surface area contributed by atoms with Crippen molar-refractivity contribution in [1.82, 2.24) is 9.80 Å². The molecule has 1 saturated carbocycles. The molecule has 1 aliphatic heterocycles. The number of hydrogen-bond acceptors (Lipinski definition) is 2. The Morgan fingerprint density at radius 3 is 2.68 bits per heavy atom. The van der Waals surface area contributed by atoms with Crippen LogP contribution in [0.5, 0.6) is 0 Å². The average molecular weight is 323 g/mol. The van der Waals surface area contributed by atoms with Gasteiger partial charge in [-0.25, -0.2) is 0 Å². The highest BCUT2D eigenvalue weighted by molar-refractivity contribution is 9.10. The predicted molar refractivity (Wildman–Crippen MR) is 79.1 cm³/mol. The van der Waals surface area contributed by atoms with Crippen molar-refractivity contribution in [3.63, 3.8) is 0 Å². The second-order valence-electron chi connectivity index (χ2n) is 5.63. The first-order chi connectivity index (χ1) is 9.15. The summed E-state index contributed by atoms with van der Waals surface area (Å²) in [6.45, 7) is 3.77. The highest BCUT2D eigenvalue weighted by atomic mass is 79.9. The van der Waals surface area contributed by atoms with Crippen molar-refractivity contribution < 1.29 is 4.79 Å². The lowest BCUT2D eigenvalue weighted by molar-refractivity contribution is -0.134. The maximum absolute atomic E-state index is 12.4. The number of piperazine rings is 1. The molecule has 1 saturated heterocycles. The van der Waals surface area contributed by atoms with Gasteiger partial charge >= 0.3 is 0 Å². The Labute approximate surface area is 122 Å². The zero-order valence-electron chi connectivity index (χ0n) is 11.2. The van der Waals surface area contributed by atoms with Crippen molar-refractivity contribution in [2.75, 3.05) is 33.2 Å². The van der Waals surface area contributed by atoms with Gasteiger partial charge in [0.2, 0.25) is 5.91 Å². The van der Waals surface area contributed by atoms with Gasteiger partial charge in [0.15, 0.2) is 0 Å². The molecular formula is C15H19BrN2O. The summed E-state index contributed by atoms with van der Waals surface area (Å²) in [6, 6.07) is 8.35. The molecule has 2 fully saturated rings. The average Bonchev–Trinajstić information content (AvgIpc) is 3.19. The lowest BCUT2D eigenvalue weighted by Crippen LogP contribution is -2.47. The standard InChI is InChI=1S/C15H19BrN2O/c1-17-5-7-18(8-6-17)15(19)14-10-13(14)11-3-2-4-12(16)9-11/h2-4,9,13-14H,5-8,10H2,1H3. The van der Waals surface area contributed by atoms with Gasteiger partial charge in [-0.05, 0) is 37.1 Å². The van der Waals surface area contributed by atoms with E-state index in [0.29, 0.717) is 11.8 Å². The van der Waals surface area contributed by atoms with Gasteiger partial charge in [-0.15, -0.1) is 0 Å². The van der Waals surface area contributed by atoms with Crippen molar-refractivity contribution in [3.05, 3.63) is 34.3 Å². The fourth-order valence-electron chi connectivity index (χ4n) is 2.83. The number of nitrogens with zero attached hydrogens (tertiary/aromatic N) is 2. The molecule has 0 spiro atoms. The van der Waals surface area contributed by atoms with E-state index < -0.39 is 0 Å². The van der Waals surface area contributed by atoms with E-state index >= 15 is 0 Å². The van der Waals surface area contributed by atoms with E-state index in [4.69, 9.17) is 0 Å². The second kappa shape index (κ2) is 5.25. The van der Waals surface area contributed by atoms with Crippen LogP contribution >= 0.6 is 15.9 Å². The smallest absolute Gasteiger partial charge is 0.226 e. The van der Waals surface area contributed by atoms with E-state index in [2.05, 4.69) is 46.1 Å². The van der Waals surface area contributed by atoms with Crippen molar-refractivity contribution in [2.45, 2.75) is 12.3 Å². The minimum atomic E-state index is 0.220. The van der Waals surface area contributed by atoms with E-state index in [1.165, 1.54) is 5.56 Å². The number of amides is 1.